The summed E-state index contributed by atoms with van der Waals surface area (Å²) in [7, 11) is 0. The van der Waals surface area contributed by atoms with E-state index in [1.165, 1.54) is 0 Å². The van der Waals surface area contributed by atoms with Crippen LogP contribution < -0.4 is 0 Å². The first-order valence-corrected chi connectivity index (χ1v) is 9.76. The Balaban J connectivity index is 1.74. The second-order valence-corrected chi connectivity index (χ2v) is 9.33. The number of carbonyl (C=O) groups is 2. The second-order valence-electron chi connectivity index (χ2n) is 9.33. The van der Waals surface area contributed by atoms with E-state index in [4.69, 9.17) is 0 Å². The van der Waals surface area contributed by atoms with Crippen molar-refractivity contribution in [1.29, 1.82) is 0 Å². The summed E-state index contributed by atoms with van der Waals surface area (Å²) >= 11 is 0. The molecule has 0 radical (unpaired) electrons. The standard InChI is InChI=1S/C21H30O3/c1-4-21(24)10-7-16-14-12-18(23)17-11-13(22)5-8-19(17,2)15(14)6-9-20(16,21)3/h11,14-16,24H,4-10,12H2,1-3H3/t14?,15?,16?,19-,20+,21+/m1/s1. The average Bonchev–Trinajstić information content (AvgIpc) is 2.82. The van der Waals surface area contributed by atoms with E-state index in [0.717, 1.165) is 44.1 Å². The zero-order chi connectivity index (χ0) is 17.3. The molecule has 0 bridgehead atoms. The average molecular weight is 330 g/mol. The highest BCUT2D eigenvalue weighted by Crippen LogP contribution is 2.67. The molecule has 4 aliphatic rings. The molecular formula is C21H30O3. The smallest absolute Gasteiger partial charge is 0.159 e. The van der Waals surface area contributed by atoms with Gasteiger partial charge in [0, 0.05) is 18.4 Å². The van der Waals surface area contributed by atoms with Crippen molar-refractivity contribution in [3.05, 3.63) is 11.6 Å². The van der Waals surface area contributed by atoms with E-state index < -0.39 is 5.60 Å². The summed E-state index contributed by atoms with van der Waals surface area (Å²) in [6, 6.07) is 0. The first-order valence-electron chi connectivity index (χ1n) is 9.76. The van der Waals surface area contributed by atoms with Crippen molar-refractivity contribution in [2.24, 2.45) is 28.6 Å². The fourth-order valence-electron chi connectivity index (χ4n) is 7.08. The lowest BCUT2D eigenvalue weighted by molar-refractivity contribution is -0.143. The van der Waals surface area contributed by atoms with E-state index in [2.05, 4.69) is 20.8 Å². The quantitative estimate of drug-likeness (QED) is 0.795. The topological polar surface area (TPSA) is 54.4 Å². The van der Waals surface area contributed by atoms with Crippen molar-refractivity contribution in [1.82, 2.24) is 0 Å². The molecule has 3 unspecified atom stereocenters. The molecule has 3 heteroatoms. The van der Waals surface area contributed by atoms with Crippen LogP contribution in [-0.2, 0) is 9.59 Å². The maximum absolute atomic E-state index is 12.9. The molecule has 24 heavy (non-hydrogen) atoms. The first kappa shape index (κ1) is 16.5. The number of Topliss-reactive ketones (excluding diaryl/α,β-unsaturated/α-hetero) is 1. The van der Waals surface area contributed by atoms with Crippen LogP contribution in [0.5, 0.6) is 0 Å². The summed E-state index contributed by atoms with van der Waals surface area (Å²) in [6.45, 7) is 6.59. The minimum absolute atomic E-state index is 0.0503. The van der Waals surface area contributed by atoms with Crippen LogP contribution in [0.1, 0.15) is 72.1 Å². The van der Waals surface area contributed by atoms with Crippen molar-refractivity contribution in [2.45, 2.75) is 77.7 Å². The lowest BCUT2D eigenvalue weighted by atomic mass is 9.46. The highest BCUT2D eigenvalue weighted by Gasteiger charge is 2.64. The zero-order valence-corrected chi connectivity index (χ0v) is 15.2. The monoisotopic (exact) mass is 330 g/mol. The molecule has 6 atom stereocenters. The minimum atomic E-state index is -0.564. The summed E-state index contributed by atoms with van der Waals surface area (Å²) in [5.41, 5.74) is 0.0749. The lowest BCUT2D eigenvalue weighted by Crippen LogP contribution is -2.56. The molecule has 3 nitrogen and oxygen atoms in total. The Hall–Kier alpha value is -0.960. The second kappa shape index (κ2) is 5.03. The molecule has 0 aromatic carbocycles. The number of hydrogen-bond donors (Lipinski definition) is 1. The van der Waals surface area contributed by atoms with Gasteiger partial charge in [0.05, 0.1) is 5.60 Å². The van der Waals surface area contributed by atoms with E-state index >= 15 is 0 Å². The van der Waals surface area contributed by atoms with Crippen LogP contribution in [0.3, 0.4) is 0 Å². The van der Waals surface area contributed by atoms with Gasteiger partial charge in [0.15, 0.2) is 11.6 Å². The number of fused-ring (bicyclic) bond motifs is 5. The van der Waals surface area contributed by atoms with Crippen LogP contribution in [0.4, 0.5) is 0 Å². The minimum Gasteiger partial charge on any atom is -0.389 e. The Morgan fingerprint density at radius 3 is 2.54 bits per heavy atom. The number of allylic oxidation sites excluding steroid dienone is 1. The summed E-state index contributed by atoms with van der Waals surface area (Å²) in [5, 5.41) is 11.2. The molecule has 4 aliphatic carbocycles. The van der Waals surface area contributed by atoms with Crippen LogP contribution in [-0.4, -0.2) is 22.3 Å². The third-order valence-electron chi connectivity index (χ3n) is 8.69. The van der Waals surface area contributed by atoms with Gasteiger partial charge in [-0.05, 0) is 73.2 Å². The van der Waals surface area contributed by atoms with E-state index in [1.807, 2.05) is 0 Å². The molecule has 1 N–H and O–H groups in total. The summed E-state index contributed by atoms with van der Waals surface area (Å²) in [4.78, 5) is 24.7. The van der Waals surface area contributed by atoms with Gasteiger partial charge in [0.2, 0.25) is 0 Å². The van der Waals surface area contributed by atoms with Crippen LogP contribution >= 0.6 is 0 Å². The fourth-order valence-corrected chi connectivity index (χ4v) is 7.08. The van der Waals surface area contributed by atoms with Gasteiger partial charge in [-0.1, -0.05) is 20.8 Å². The van der Waals surface area contributed by atoms with E-state index in [9.17, 15) is 14.7 Å². The lowest BCUT2D eigenvalue weighted by Gasteiger charge is -2.58. The predicted octanol–water partition coefficient (Wildman–Crippen LogP) is 3.84. The highest BCUT2D eigenvalue weighted by atomic mass is 16.3. The number of carbonyl (C=O) groups excluding carboxylic acids is 2. The Bertz CT molecular complexity index is 635. The third-order valence-corrected chi connectivity index (χ3v) is 8.69. The number of ketones is 2. The first-order chi connectivity index (χ1) is 11.2. The van der Waals surface area contributed by atoms with E-state index in [0.29, 0.717) is 30.6 Å². The van der Waals surface area contributed by atoms with Crippen LogP contribution in [0.15, 0.2) is 11.6 Å². The van der Waals surface area contributed by atoms with Crippen LogP contribution in [0.2, 0.25) is 0 Å². The van der Waals surface area contributed by atoms with Crippen LogP contribution in [0, 0.1) is 28.6 Å². The molecule has 132 valence electrons. The number of hydrogen-bond acceptors (Lipinski definition) is 3. The number of rotatable bonds is 1. The molecule has 3 saturated carbocycles. The molecule has 0 aromatic heterocycles. The Morgan fingerprint density at radius 1 is 1.12 bits per heavy atom. The van der Waals surface area contributed by atoms with Gasteiger partial charge in [-0.2, -0.15) is 0 Å². The molecule has 0 amide bonds. The Kier molecular flexibility index (Phi) is 3.46. The maximum atomic E-state index is 12.9. The van der Waals surface area contributed by atoms with Crippen molar-refractivity contribution in [3.8, 4) is 0 Å². The van der Waals surface area contributed by atoms with Gasteiger partial charge >= 0.3 is 0 Å². The fraction of sp³-hybridized carbons (Fsp3) is 0.810. The van der Waals surface area contributed by atoms with Crippen molar-refractivity contribution >= 4 is 11.6 Å². The molecule has 0 heterocycles. The van der Waals surface area contributed by atoms with E-state index in [-0.39, 0.29) is 22.4 Å². The molecule has 0 aromatic rings. The van der Waals surface area contributed by atoms with Gasteiger partial charge in [0.25, 0.3) is 0 Å². The van der Waals surface area contributed by atoms with Gasteiger partial charge in [0.1, 0.15) is 0 Å². The summed E-state index contributed by atoms with van der Waals surface area (Å²) in [6.07, 6.45) is 8.50. The predicted molar refractivity (Wildman–Crippen MR) is 92.3 cm³/mol. The van der Waals surface area contributed by atoms with Crippen molar-refractivity contribution < 1.29 is 14.7 Å². The normalized spacial score (nSPS) is 50.8. The molecule has 3 fully saturated rings. The molecule has 0 saturated heterocycles. The summed E-state index contributed by atoms with van der Waals surface area (Å²) < 4.78 is 0. The van der Waals surface area contributed by atoms with Gasteiger partial charge in [-0.3, -0.25) is 9.59 Å². The van der Waals surface area contributed by atoms with Gasteiger partial charge in [-0.15, -0.1) is 0 Å². The SMILES string of the molecule is CC[C@]1(O)CCC2C3CC(=O)C4=CC(=O)CC[C@]4(C)C3CC[C@@]21C. The Labute approximate surface area is 144 Å². The summed E-state index contributed by atoms with van der Waals surface area (Å²) in [5.74, 6) is 1.64. The Morgan fingerprint density at radius 2 is 1.83 bits per heavy atom. The van der Waals surface area contributed by atoms with Crippen molar-refractivity contribution in [2.75, 3.05) is 0 Å². The highest BCUT2D eigenvalue weighted by molar-refractivity contribution is 6.05. The maximum Gasteiger partial charge on any atom is 0.159 e. The largest absolute Gasteiger partial charge is 0.389 e. The molecule has 0 aliphatic heterocycles. The third kappa shape index (κ3) is 1.88. The van der Waals surface area contributed by atoms with Gasteiger partial charge in [-0.25, -0.2) is 0 Å². The molecule has 0 spiro atoms. The van der Waals surface area contributed by atoms with Crippen LogP contribution in [0.25, 0.3) is 0 Å². The van der Waals surface area contributed by atoms with Crippen molar-refractivity contribution in [3.63, 3.8) is 0 Å². The van der Waals surface area contributed by atoms with E-state index in [1.54, 1.807) is 6.08 Å². The zero-order valence-electron chi connectivity index (χ0n) is 15.2. The van der Waals surface area contributed by atoms with Gasteiger partial charge < -0.3 is 5.11 Å². The molecular weight excluding hydrogens is 300 g/mol. The number of aliphatic hydroxyl groups is 1. The molecule has 4 rings (SSSR count).